The van der Waals surface area contributed by atoms with Gasteiger partial charge in [0.1, 0.15) is 11.6 Å². The molecular formula is C25H34N4O5. The van der Waals surface area contributed by atoms with E-state index in [0.29, 0.717) is 31.0 Å². The van der Waals surface area contributed by atoms with Crippen LogP contribution < -0.4 is 10.6 Å². The molecule has 2 saturated heterocycles. The lowest BCUT2D eigenvalue weighted by atomic mass is 9.88. The van der Waals surface area contributed by atoms with Crippen molar-refractivity contribution in [3.63, 3.8) is 0 Å². The highest BCUT2D eigenvalue weighted by Gasteiger charge is 2.39. The van der Waals surface area contributed by atoms with Crippen LogP contribution in [0.4, 0.5) is 4.79 Å². The van der Waals surface area contributed by atoms with E-state index < -0.39 is 11.6 Å². The maximum absolute atomic E-state index is 12.9. The highest BCUT2D eigenvalue weighted by molar-refractivity contribution is 6.05. The number of nitrogens with zero attached hydrogens (tertiary/aromatic N) is 2. The number of amides is 4. The van der Waals surface area contributed by atoms with Crippen LogP contribution in [0.1, 0.15) is 73.9 Å². The molecule has 4 rings (SSSR count). The molecule has 9 nitrogen and oxygen atoms in total. The van der Waals surface area contributed by atoms with Gasteiger partial charge in [0, 0.05) is 31.6 Å². The zero-order chi connectivity index (χ0) is 24.5. The molecule has 1 atom stereocenters. The van der Waals surface area contributed by atoms with Crippen molar-refractivity contribution in [1.29, 1.82) is 0 Å². The van der Waals surface area contributed by atoms with Gasteiger partial charge >= 0.3 is 6.09 Å². The molecule has 1 aromatic rings. The number of nitrogens with one attached hydrogen (secondary N) is 2. The van der Waals surface area contributed by atoms with E-state index in [0.717, 1.165) is 38.0 Å². The smallest absolute Gasteiger partial charge is 0.407 e. The summed E-state index contributed by atoms with van der Waals surface area (Å²) >= 11 is 0. The highest BCUT2D eigenvalue weighted by Crippen LogP contribution is 2.33. The molecule has 0 saturated carbocycles. The number of carbonyl (C=O) groups excluding carboxylic acids is 4. The topological polar surface area (TPSA) is 108 Å². The van der Waals surface area contributed by atoms with E-state index in [1.165, 1.54) is 5.56 Å². The van der Waals surface area contributed by atoms with Crippen molar-refractivity contribution in [1.82, 2.24) is 20.4 Å². The van der Waals surface area contributed by atoms with Gasteiger partial charge in [0.2, 0.25) is 11.8 Å². The van der Waals surface area contributed by atoms with Gasteiger partial charge in [-0.3, -0.25) is 19.7 Å². The van der Waals surface area contributed by atoms with Crippen LogP contribution in [0.2, 0.25) is 0 Å². The predicted molar refractivity (Wildman–Crippen MR) is 125 cm³/mol. The van der Waals surface area contributed by atoms with E-state index in [9.17, 15) is 19.2 Å². The van der Waals surface area contributed by atoms with Crippen LogP contribution in [0, 0.1) is 0 Å². The molecule has 1 unspecified atom stereocenters. The van der Waals surface area contributed by atoms with Crippen molar-refractivity contribution in [3.8, 4) is 0 Å². The van der Waals surface area contributed by atoms with E-state index in [1.54, 1.807) is 4.90 Å². The van der Waals surface area contributed by atoms with Gasteiger partial charge in [0.25, 0.3) is 5.91 Å². The Morgan fingerprint density at radius 3 is 2.56 bits per heavy atom. The molecule has 2 N–H and O–H groups in total. The van der Waals surface area contributed by atoms with Gasteiger partial charge in [-0.1, -0.05) is 12.1 Å². The summed E-state index contributed by atoms with van der Waals surface area (Å²) < 4.78 is 5.27. The number of hydrogen-bond acceptors (Lipinski definition) is 6. The van der Waals surface area contributed by atoms with Crippen molar-refractivity contribution >= 4 is 23.8 Å². The Kier molecular flexibility index (Phi) is 6.93. The first-order valence-corrected chi connectivity index (χ1v) is 12.1. The standard InChI is InChI=1S/C25H34N4O5/c1-25(2,3)34-24(33)26-10-13-28-11-8-16(9-12-28)17-4-5-19-18(14-17)15-29(23(19)32)20-6-7-21(30)27-22(20)31/h4-5,14,16,20H,6-13,15H2,1-3H3,(H,26,33)(H,27,30,31). The van der Waals surface area contributed by atoms with E-state index >= 15 is 0 Å². The zero-order valence-corrected chi connectivity index (χ0v) is 20.2. The second-order valence-corrected chi connectivity index (χ2v) is 10.4. The monoisotopic (exact) mass is 470 g/mol. The molecule has 34 heavy (non-hydrogen) atoms. The number of imide groups is 1. The summed E-state index contributed by atoms with van der Waals surface area (Å²) in [5.74, 6) is -0.380. The number of ether oxygens (including phenoxy) is 1. The summed E-state index contributed by atoms with van der Waals surface area (Å²) in [6.07, 6.45) is 2.26. The number of fused-ring (bicyclic) bond motifs is 1. The molecule has 0 aliphatic carbocycles. The summed E-state index contributed by atoms with van der Waals surface area (Å²) in [6, 6.07) is 5.45. The first kappa shape index (κ1) is 24.2. The molecule has 3 aliphatic rings. The third-order valence-electron chi connectivity index (χ3n) is 6.70. The Morgan fingerprint density at radius 1 is 1.15 bits per heavy atom. The molecular weight excluding hydrogens is 436 g/mol. The van der Waals surface area contributed by atoms with Gasteiger partial charge in [-0.15, -0.1) is 0 Å². The molecule has 184 valence electrons. The summed E-state index contributed by atoms with van der Waals surface area (Å²) in [4.78, 5) is 52.3. The quantitative estimate of drug-likeness (QED) is 0.639. The van der Waals surface area contributed by atoms with Gasteiger partial charge in [-0.05, 0) is 76.2 Å². The number of benzene rings is 1. The Bertz CT molecular complexity index is 978. The molecule has 3 aliphatic heterocycles. The second-order valence-electron chi connectivity index (χ2n) is 10.4. The lowest BCUT2D eigenvalue weighted by molar-refractivity contribution is -0.136. The van der Waals surface area contributed by atoms with E-state index in [1.807, 2.05) is 32.9 Å². The number of piperidine rings is 2. The van der Waals surface area contributed by atoms with Crippen LogP contribution in [0.25, 0.3) is 0 Å². The van der Waals surface area contributed by atoms with Crippen molar-refractivity contribution in [2.75, 3.05) is 26.2 Å². The van der Waals surface area contributed by atoms with E-state index in [-0.39, 0.29) is 30.2 Å². The van der Waals surface area contributed by atoms with Gasteiger partial charge in [0.15, 0.2) is 0 Å². The van der Waals surface area contributed by atoms with Gasteiger partial charge in [0.05, 0.1) is 0 Å². The fourth-order valence-corrected chi connectivity index (χ4v) is 4.97. The molecule has 0 aromatic heterocycles. The minimum Gasteiger partial charge on any atom is -0.444 e. The number of likely N-dealkylation sites (tertiary alicyclic amines) is 1. The van der Waals surface area contributed by atoms with Crippen molar-refractivity contribution in [3.05, 3.63) is 34.9 Å². The summed E-state index contributed by atoms with van der Waals surface area (Å²) in [7, 11) is 0. The molecule has 2 fully saturated rings. The third-order valence-corrected chi connectivity index (χ3v) is 6.70. The first-order chi connectivity index (χ1) is 16.1. The van der Waals surface area contributed by atoms with Gasteiger partial charge in [-0.25, -0.2) is 4.79 Å². The van der Waals surface area contributed by atoms with Crippen LogP contribution in [0.5, 0.6) is 0 Å². The average molecular weight is 471 g/mol. The van der Waals surface area contributed by atoms with E-state index in [4.69, 9.17) is 4.74 Å². The fraction of sp³-hybridized carbons (Fsp3) is 0.600. The summed E-state index contributed by atoms with van der Waals surface area (Å²) in [6.45, 7) is 9.17. The van der Waals surface area contributed by atoms with Crippen LogP contribution in [0.3, 0.4) is 0 Å². The Hall–Kier alpha value is -2.94. The summed E-state index contributed by atoms with van der Waals surface area (Å²) in [5, 5.41) is 5.16. The van der Waals surface area contributed by atoms with Crippen molar-refractivity contribution in [2.45, 2.75) is 70.6 Å². The molecule has 0 bridgehead atoms. The molecule has 0 spiro atoms. The second kappa shape index (κ2) is 9.74. The lowest BCUT2D eigenvalue weighted by Gasteiger charge is -2.32. The van der Waals surface area contributed by atoms with Crippen LogP contribution in [-0.2, 0) is 20.9 Å². The van der Waals surface area contributed by atoms with E-state index in [2.05, 4.69) is 21.6 Å². The molecule has 3 heterocycles. The minimum atomic E-state index is -0.585. The van der Waals surface area contributed by atoms with Crippen molar-refractivity contribution in [2.24, 2.45) is 0 Å². The lowest BCUT2D eigenvalue weighted by Crippen LogP contribution is -2.52. The van der Waals surface area contributed by atoms with Gasteiger partial charge in [-0.2, -0.15) is 0 Å². The SMILES string of the molecule is CC(C)(C)OC(=O)NCCN1CCC(c2ccc3c(c2)CN(C2CCC(=O)NC2=O)C3=O)CC1. The minimum absolute atomic E-state index is 0.136. The number of hydrogen-bond donors (Lipinski definition) is 2. The van der Waals surface area contributed by atoms with Crippen LogP contribution in [0.15, 0.2) is 18.2 Å². The number of carbonyl (C=O) groups is 4. The van der Waals surface area contributed by atoms with Crippen LogP contribution >= 0.6 is 0 Å². The average Bonchev–Trinajstić information content (AvgIpc) is 3.08. The third kappa shape index (κ3) is 5.58. The number of alkyl carbamates (subject to hydrolysis) is 1. The molecule has 4 amide bonds. The Morgan fingerprint density at radius 2 is 1.88 bits per heavy atom. The van der Waals surface area contributed by atoms with Crippen LogP contribution in [-0.4, -0.2) is 71.4 Å². The Labute approximate surface area is 200 Å². The molecule has 1 aromatic carbocycles. The fourth-order valence-electron chi connectivity index (χ4n) is 4.97. The van der Waals surface area contributed by atoms with Crippen molar-refractivity contribution < 1.29 is 23.9 Å². The molecule has 0 radical (unpaired) electrons. The maximum Gasteiger partial charge on any atom is 0.407 e. The predicted octanol–water partition coefficient (Wildman–Crippen LogP) is 2.15. The highest BCUT2D eigenvalue weighted by atomic mass is 16.6. The first-order valence-electron chi connectivity index (χ1n) is 12.1. The number of rotatable bonds is 5. The van der Waals surface area contributed by atoms with Gasteiger partial charge < -0.3 is 19.9 Å². The summed E-state index contributed by atoms with van der Waals surface area (Å²) in [5.41, 5.74) is 2.33. The molecule has 9 heteroatoms. The normalized spacial score (nSPS) is 21.9. The largest absolute Gasteiger partial charge is 0.444 e. The zero-order valence-electron chi connectivity index (χ0n) is 20.2. The Balaban J connectivity index is 1.28. The maximum atomic E-state index is 12.9.